The van der Waals surface area contributed by atoms with Gasteiger partial charge in [0.25, 0.3) is 5.91 Å². The molecule has 0 unspecified atom stereocenters. The van der Waals surface area contributed by atoms with Gasteiger partial charge in [0.15, 0.2) is 0 Å². The van der Waals surface area contributed by atoms with Crippen LogP contribution in [-0.4, -0.2) is 17.6 Å². The zero-order valence-corrected chi connectivity index (χ0v) is 12.4. The minimum absolute atomic E-state index is 0.192. The molecule has 2 rings (SSSR count). The van der Waals surface area contributed by atoms with E-state index in [1.54, 1.807) is 30.3 Å². The molecule has 1 amide bonds. The van der Waals surface area contributed by atoms with Crippen molar-refractivity contribution in [3.05, 3.63) is 58.1 Å². The standard InChI is InChI=1S/C15H15BrN2O2/c16-11-3-6-14(17)13(9-11)15(20)18-8-7-10-1-4-12(19)5-2-10/h1-6,9,19H,7-8,17H2,(H,18,20). The fraction of sp³-hybridized carbons (Fsp3) is 0.133. The van der Waals surface area contributed by atoms with Crippen LogP contribution in [0, 0.1) is 0 Å². The number of hydrogen-bond acceptors (Lipinski definition) is 3. The van der Waals surface area contributed by atoms with E-state index in [0.29, 0.717) is 24.2 Å². The molecule has 4 nitrogen and oxygen atoms in total. The molecule has 0 aliphatic carbocycles. The molecule has 0 aliphatic heterocycles. The van der Waals surface area contributed by atoms with E-state index in [1.807, 2.05) is 12.1 Å². The maximum Gasteiger partial charge on any atom is 0.253 e. The fourth-order valence-electron chi connectivity index (χ4n) is 1.80. The summed E-state index contributed by atoms with van der Waals surface area (Å²) in [6.07, 6.45) is 0.694. The number of nitrogen functional groups attached to an aromatic ring is 1. The Morgan fingerprint density at radius 2 is 1.90 bits per heavy atom. The topological polar surface area (TPSA) is 75.4 Å². The molecule has 0 bridgehead atoms. The van der Waals surface area contributed by atoms with Gasteiger partial charge in [0.2, 0.25) is 0 Å². The summed E-state index contributed by atoms with van der Waals surface area (Å²) in [5.41, 5.74) is 7.74. The highest BCUT2D eigenvalue weighted by Gasteiger charge is 2.09. The van der Waals surface area contributed by atoms with E-state index in [4.69, 9.17) is 5.73 Å². The van der Waals surface area contributed by atoms with Crippen LogP contribution in [0.4, 0.5) is 5.69 Å². The quantitative estimate of drug-likeness (QED) is 0.752. The van der Waals surface area contributed by atoms with Crippen molar-refractivity contribution in [2.45, 2.75) is 6.42 Å². The van der Waals surface area contributed by atoms with Crippen molar-refractivity contribution >= 4 is 27.5 Å². The Bertz CT molecular complexity index is 612. The van der Waals surface area contributed by atoms with Crippen LogP contribution in [0.2, 0.25) is 0 Å². The number of nitrogens with one attached hydrogen (secondary N) is 1. The molecular weight excluding hydrogens is 320 g/mol. The molecule has 20 heavy (non-hydrogen) atoms. The van der Waals surface area contributed by atoms with Gasteiger partial charge >= 0.3 is 0 Å². The number of aromatic hydroxyl groups is 1. The van der Waals surface area contributed by atoms with Gasteiger partial charge in [0.1, 0.15) is 5.75 Å². The first kappa shape index (κ1) is 14.4. The summed E-state index contributed by atoms with van der Waals surface area (Å²) in [6.45, 7) is 0.509. The number of nitrogens with two attached hydrogens (primary N) is 1. The van der Waals surface area contributed by atoms with Gasteiger partial charge in [-0.05, 0) is 42.3 Å². The predicted octanol–water partition coefficient (Wildman–Crippen LogP) is 2.71. The Balaban J connectivity index is 1.92. The molecule has 0 atom stereocenters. The molecule has 0 saturated heterocycles. The number of phenols is 1. The Morgan fingerprint density at radius 1 is 1.20 bits per heavy atom. The van der Waals surface area contributed by atoms with Gasteiger partial charge in [-0.15, -0.1) is 0 Å². The summed E-state index contributed by atoms with van der Waals surface area (Å²) in [5.74, 6) is 0.0438. The van der Waals surface area contributed by atoms with Crippen LogP contribution in [0.1, 0.15) is 15.9 Å². The van der Waals surface area contributed by atoms with E-state index in [1.165, 1.54) is 0 Å². The third-order valence-electron chi connectivity index (χ3n) is 2.90. The van der Waals surface area contributed by atoms with Gasteiger partial charge in [-0.3, -0.25) is 4.79 Å². The maximum absolute atomic E-state index is 12.0. The van der Waals surface area contributed by atoms with E-state index in [-0.39, 0.29) is 11.7 Å². The molecule has 0 radical (unpaired) electrons. The third-order valence-corrected chi connectivity index (χ3v) is 3.39. The van der Waals surface area contributed by atoms with Crippen LogP contribution >= 0.6 is 15.9 Å². The molecule has 0 saturated carbocycles. The zero-order valence-electron chi connectivity index (χ0n) is 10.8. The number of carbonyl (C=O) groups is 1. The van der Waals surface area contributed by atoms with Crippen LogP contribution in [0.5, 0.6) is 5.75 Å². The highest BCUT2D eigenvalue weighted by atomic mass is 79.9. The molecule has 2 aromatic rings. The number of anilines is 1. The fourth-order valence-corrected chi connectivity index (χ4v) is 2.16. The Morgan fingerprint density at radius 3 is 2.60 bits per heavy atom. The van der Waals surface area contributed by atoms with Crippen molar-refractivity contribution in [2.75, 3.05) is 12.3 Å². The largest absolute Gasteiger partial charge is 0.508 e. The van der Waals surface area contributed by atoms with E-state index >= 15 is 0 Å². The molecule has 0 fully saturated rings. The lowest BCUT2D eigenvalue weighted by Gasteiger charge is -2.08. The molecule has 4 N–H and O–H groups in total. The summed E-state index contributed by atoms with van der Waals surface area (Å²) in [7, 11) is 0. The third kappa shape index (κ3) is 3.74. The van der Waals surface area contributed by atoms with Gasteiger partial charge in [0.05, 0.1) is 5.56 Å². The number of halogens is 1. The lowest BCUT2D eigenvalue weighted by atomic mass is 10.1. The molecule has 104 valence electrons. The average molecular weight is 335 g/mol. The minimum atomic E-state index is -0.192. The molecular formula is C15H15BrN2O2. The van der Waals surface area contributed by atoms with Gasteiger partial charge in [-0.2, -0.15) is 0 Å². The second-order valence-electron chi connectivity index (χ2n) is 4.40. The lowest BCUT2D eigenvalue weighted by molar-refractivity contribution is 0.0955. The van der Waals surface area contributed by atoms with Crippen molar-refractivity contribution in [2.24, 2.45) is 0 Å². The highest BCUT2D eigenvalue weighted by molar-refractivity contribution is 9.10. The van der Waals surface area contributed by atoms with Crippen molar-refractivity contribution in [1.82, 2.24) is 5.32 Å². The predicted molar refractivity (Wildman–Crippen MR) is 82.7 cm³/mol. The number of carbonyl (C=O) groups excluding carboxylic acids is 1. The number of benzene rings is 2. The van der Waals surface area contributed by atoms with Crippen LogP contribution in [-0.2, 0) is 6.42 Å². The first-order valence-corrected chi connectivity index (χ1v) is 6.96. The SMILES string of the molecule is Nc1ccc(Br)cc1C(=O)NCCc1ccc(O)cc1. The van der Waals surface area contributed by atoms with E-state index in [2.05, 4.69) is 21.2 Å². The Hall–Kier alpha value is -2.01. The van der Waals surface area contributed by atoms with E-state index < -0.39 is 0 Å². The molecule has 0 spiro atoms. The van der Waals surface area contributed by atoms with Crippen LogP contribution in [0.25, 0.3) is 0 Å². The van der Waals surface area contributed by atoms with Crippen molar-refractivity contribution < 1.29 is 9.90 Å². The number of phenolic OH excluding ortho intramolecular Hbond substituents is 1. The summed E-state index contributed by atoms with van der Waals surface area (Å²) in [4.78, 5) is 12.0. The summed E-state index contributed by atoms with van der Waals surface area (Å²) in [6, 6.07) is 12.1. The monoisotopic (exact) mass is 334 g/mol. The van der Waals surface area contributed by atoms with E-state index in [9.17, 15) is 9.90 Å². The zero-order chi connectivity index (χ0) is 14.5. The Labute approximate surface area is 125 Å². The van der Waals surface area contributed by atoms with Gasteiger partial charge in [-0.25, -0.2) is 0 Å². The van der Waals surface area contributed by atoms with Gasteiger partial charge in [-0.1, -0.05) is 28.1 Å². The van der Waals surface area contributed by atoms with Crippen LogP contribution in [0.15, 0.2) is 46.9 Å². The average Bonchev–Trinajstić information content (AvgIpc) is 2.43. The van der Waals surface area contributed by atoms with Crippen LogP contribution < -0.4 is 11.1 Å². The molecule has 0 aliphatic rings. The van der Waals surface area contributed by atoms with Crippen LogP contribution in [0.3, 0.4) is 0 Å². The van der Waals surface area contributed by atoms with Gasteiger partial charge < -0.3 is 16.2 Å². The number of rotatable bonds is 4. The van der Waals surface area contributed by atoms with Gasteiger partial charge in [0, 0.05) is 16.7 Å². The first-order valence-electron chi connectivity index (χ1n) is 6.17. The molecule has 0 aromatic heterocycles. The Kier molecular flexibility index (Phi) is 4.63. The second-order valence-corrected chi connectivity index (χ2v) is 5.32. The summed E-state index contributed by atoms with van der Waals surface area (Å²) >= 11 is 3.32. The maximum atomic E-state index is 12.0. The molecule has 5 heteroatoms. The molecule has 0 heterocycles. The number of hydrogen-bond donors (Lipinski definition) is 3. The second kappa shape index (κ2) is 6.43. The lowest BCUT2D eigenvalue weighted by Crippen LogP contribution is -2.26. The smallest absolute Gasteiger partial charge is 0.253 e. The summed E-state index contributed by atoms with van der Waals surface area (Å²) < 4.78 is 0.815. The highest BCUT2D eigenvalue weighted by Crippen LogP contribution is 2.18. The normalized spacial score (nSPS) is 10.2. The van der Waals surface area contributed by atoms with E-state index in [0.717, 1.165) is 10.0 Å². The first-order chi connectivity index (χ1) is 9.56. The van der Waals surface area contributed by atoms with Crippen molar-refractivity contribution in [3.63, 3.8) is 0 Å². The summed E-state index contributed by atoms with van der Waals surface area (Å²) in [5, 5.41) is 12.0. The number of amides is 1. The van der Waals surface area contributed by atoms with Crippen molar-refractivity contribution in [3.8, 4) is 5.75 Å². The molecule has 2 aromatic carbocycles. The minimum Gasteiger partial charge on any atom is -0.508 e. The van der Waals surface area contributed by atoms with Crippen molar-refractivity contribution in [1.29, 1.82) is 0 Å².